The van der Waals surface area contributed by atoms with Crippen LogP contribution in [0.3, 0.4) is 0 Å². The molecule has 2 aliphatic rings. The summed E-state index contributed by atoms with van der Waals surface area (Å²) in [5.74, 6) is -1.18. The number of hydrogen-bond donors (Lipinski definition) is 1. The highest BCUT2D eigenvalue weighted by atomic mass is 19.1. The van der Waals surface area contributed by atoms with Crippen LogP contribution in [-0.2, 0) is 9.53 Å². The van der Waals surface area contributed by atoms with Gasteiger partial charge in [-0.1, -0.05) is 24.3 Å². The highest BCUT2D eigenvalue weighted by molar-refractivity contribution is 5.97. The van der Waals surface area contributed by atoms with Gasteiger partial charge in [0.15, 0.2) is 0 Å². The summed E-state index contributed by atoms with van der Waals surface area (Å²) in [6.45, 7) is 2.82. The maximum absolute atomic E-state index is 13.5. The highest BCUT2D eigenvalue weighted by Gasteiger charge is 2.36. The molecule has 0 saturated carbocycles. The molecule has 0 unspecified atom stereocenters. The van der Waals surface area contributed by atoms with Gasteiger partial charge in [-0.15, -0.1) is 0 Å². The molecule has 0 aliphatic carbocycles. The van der Waals surface area contributed by atoms with Crippen LogP contribution in [0.15, 0.2) is 54.6 Å². The summed E-state index contributed by atoms with van der Waals surface area (Å²) in [4.78, 5) is 42.4. The second-order valence-electron chi connectivity index (χ2n) is 8.39. The van der Waals surface area contributed by atoms with Crippen molar-refractivity contribution in [2.45, 2.75) is 18.9 Å². The third-order valence-electron chi connectivity index (χ3n) is 6.28. The Morgan fingerprint density at radius 3 is 2.21 bits per heavy atom. The van der Waals surface area contributed by atoms with Gasteiger partial charge in [-0.25, -0.2) is 4.39 Å². The molecule has 0 bridgehead atoms. The van der Waals surface area contributed by atoms with Crippen molar-refractivity contribution in [3.8, 4) is 0 Å². The first-order chi connectivity index (χ1) is 16.0. The predicted molar refractivity (Wildman–Crippen MR) is 120 cm³/mol. The largest absolute Gasteiger partial charge is 0.378 e. The summed E-state index contributed by atoms with van der Waals surface area (Å²) in [6, 6.07) is 13.8. The SMILES string of the molecule is O=C(N[C@H](C(=O)N1CCOCC1)C1CCN(C(=O)c2cccc(F)c2)CC1)c1ccccc1. The lowest BCUT2D eigenvalue weighted by Crippen LogP contribution is -2.56. The molecule has 2 aliphatic heterocycles. The molecule has 2 heterocycles. The zero-order valence-electron chi connectivity index (χ0n) is 18.4. The molecule has 3 amide bonds. The maximum Gasteiger partial charge on any atom is 0.253 e. The number of benzene rings is 2. The van der Waals surface area contributed by atoms with Gasteiger partial charge < -0.3 is 19.9 Å². The van der Waals surface area contributed by atoms with Gasteiger partial charge in [0, 0.05) is 37.3 Å². The number of likely N-dealkylation sites (tertiary alicyclic amines) is 1. The molecular weight excluding hydrogens is 425 g/mol. The smallest absolute Gasteiger partial charge is 0.253 e. The zero-order chi connectivity index (χ0) is 23.2. The Morgan fingerprint density at radius 1 is 0.879 bits per heavy atom. The Kier molecular flexibility index (Phi) is 7.34. The first-order valence-corrected chi connectivity index (χ1v) is 11.3. The monoisotopic (exact) mass is 453 g/mol. The molecule has 8 heteroatoms. The van der Waals surface area contributed by atoms with Crippen molar-refractivity contribution >= 4 is 17.7 Å². The second-order valence-corrected chi connectivity index (χ2v) is 8.39. The summed E-state index contributed by atoms with van der Waals surface area (Å²) in [5.41, 5.74) is 0.808. The van der Waals surface area contributed by atoms with Crippen LogP contribution >= 0.6 is 0 Å². The summed E-state index contributed by atoms with van der Waals surface area (Å²) < 4.78 is 18.9. The number of piperidine rings is 1. The first-order valence-electron chi connectivity index (χ1n) is 11.3. The van der Waals surface area contributed by atoms with Crippen LogP contribution in [0.5, 0.6) is 0 Å². The number of amides is 3. The van der Waals surface area contributed by atoms with E-state index >= 15 is 0 Å². The van der Waals surface area contributed by atoms with Crippen molar-refractivity contribution in [1.29, 1.82) is 0 Å². The van der Waals surface area contributed by atoms with Crippen molar-refractivity contribution in [3.63, 3.8) is 0 Å². The van der Waals surface area contributed by atoms with E-state index in [9.17, 15) is 18.8 Å². The Bertz CT molecular complexity index is 986. The molecule has 2 fully saturated rings. The van der Waals surface area contributed by atoms with Crippen LogP contribution in [0.1, 0.15) is 33.6 Å². The van der Waals surface area contributed by atoms with Gasteiger partial charge in [0.1, 0.15) is 11.9 Å². The molecule has 2 aromatic rings. The zero-order valence-corrected chi connectivity index (χ0v) is 18.4. The molecule has 2 aromatic carbocycles. The van der Waals surface area contributed by atoms with E-state index in [1.54, 1.807) is 40.1 Å². The van der Waals surface area contributed by atoms with Crippen molar-refractivity contribution in [3.05, 3.63) is 71.5 Å². The van der Waals surface area contributed by atoms with Gasteiger partial charge in [-0.2, -0.15) is 0 Å². The molecule has 1 atom stereocenters. The van der Waals surface area contributed by atoms with Gasteiger partial charge in [-0.3, -0.25) is 14.4 Å². The summed E-state index contributed by atoms with van der Waals surface area (Å²) in [5, 5.41) is 2.96. The van der Waals surface area contributed by atoms with Gasteiger partial charge in [0.25, 0.3) is 11.8 Å². The molecule has 0 radical (unpaired) electrons. The lowest BCUT2D eigenvalue weighted by molar-refractivity contribution is -0.139. The van der Waals surface area contributed by atoms with E-state index in [0.717, 1.165) is 0 Å². The molecule has 174 valence electrons. The highest BCUT2D eigenvalue weighted by Crippen LogP contribution is 2.24. The molecule has 2 saturated heterocycles. The average molecular weight is 454 g/mol. The van der Waals surface area contributed by atoms with Crippen molar-refractivity contribution in [2.75, 3.05) is 39.4 Å². The fourth-order valence-electron chi connectivity index (χ4n) is 4.42. The lowest BCUT2D eigenvalue weighted by atomic mass is 9.87. The number of hydrogen-bond acceptors (Lipinski definition) is 4. The number of nitrogens with zero attached hydrogens (tertiary/aromatic N) is 2. The van der Waals surface area contributed by atoms with E-state index in [1.807, 2.05) is 6.07 Å². The summed E-state index contributed by atoms with van der Waals surface area (Å²) in [7, 11) is 0. The third-order valence-corrected chi connectivity index (χ3v) is 6.28. The minimum absolute atomic E-state index is 0.107. The van der Waals surface area contributed by atoms with E-state index in [4.69, 9.17) is 4.74 Å². The van der Waals surface area contributed by atoms with Crippen molar-refractivity contribution in [1.82, 2.24) is 15.1 Å². The van der Waals surface area contributed by atoms with Crippen LogP contribution in [0, 0.1) is 11.7 Å². The van der Waals surface area contributed by atoms with Crippen molar-refractivity contribution < 1.29 is 23.5 Å². The van der Waals surface area contributed by atoms with Gasteiger partial charge >= 0.3 is 0 Å². The van der Waals surface area contributed by atoms with Crippen LogP contribution in [0.4, 0.5) is 4.39 Å². The van der Waals surface area contributed by atoms with Gasteiger partial charge in [0.05, 0.1) is 13.2 Å². The standard InChI is InChI=1S/C25H28FN3O4/c26-21-8-4-7-20(17-21)24(31)28-11-9-18(10-12-28)22(25(32)29-13-15-33-16-14-29)27-23(30)19-5-2-1-3-6-19/h1-8,17-18,22H,9-16H2,(H,27,30)/t22-/m0/s1. The predicted octanol–water partition coefficient (Wildman–Crippen LogP) is 2.34. The number of morpholine rings is 1. The lowest BCUT2D eigenvalue weighted by Gasteiger charge is -2.38. The number of nitrogens with one attached hydrogen (secondary N) is 1. The number of carbonyl (C=O) groups is 3. The number of ether oxygens (including phenoxy) is 1. The molecular formula is C25H28FN3O4. The Balaban J connectivity index is 1.45. The minimum atomic E-state index is -0.678. The average Bonchev–Trinajstić information content (AvgIpc) is 2.87. The normalized spacial score (nSPS) is 18.0. The molecule has 4 rings (SSSR count). The fraction of sp³-hybridized carbons (Fsp3) is 0.400. The van der Waals surface area contributed by atoms with E-state index in [-0.39, 0.29) is 23.6 Å². The number of carbonyl (C=O) groups excluding carboxylic acids is 3. The first kappa shape index (κ1) is 22.9. The topological polar surface area (TPSA) is 79.0 Å². The van der Waals surface area contributed by atoms with Crippen LogP contribution in [0.2, 0.25) is 0 Å². The molecule has 1 N–H and O–H groups in total. The number of rotatable bonds is 5. The third kappa shape index (κ3) is 5.57. The Hall–Kier alpha value is -3.26. The van der Waals surface area contributed by atoms with Gasteiger partial charge in [-0.05, 0) is 49.1 Å². The van der Waals surface area contributed by atoms with E-state index in [1.165, 1.54) is 18.2 Å². The van der Waals surface area contributed by atoms with E-state index < -0.39 is 11.9 Å². The van der Waals surface area contributed by atoms with Crippen LogP contribution in [0.25, 0.3) is 0 Å². The van der Waals surface area contributed by atoms with E-state index in [0.29, 0.717) is 63.4 Å². The van der Waals surface area contributed by atoms with Crippen LogP contribution in [-0.4, -0.2) is 73.0 Å². The summed E-state index contributed by atoms with van der Waals surface area (Å²) >= 11 is 0. The van der Waals surface area contributed by atoms with Crippen LogP contribution < -0.4 is 5.32 Å². The van der Waals surface area contributed by atoms with Gasteiger partial charge in [0.2, 0.25) is 5.91 Å². The maximum atomic E-state index is 13.5. The fourth-order valence-corrected chi connectivity index (χ4v) is 4.42. The Labute approximate surface area is 192 Å². The quantitative estimate of drug-likeness (QED) is 0.754. The molecule has 0 aromatic heterocycles. The minimum Gasteiger partial charge on any atom is -0.378 e. The molecule has 0 spiro atoms. The number of halogens is 1. The van der Waals surface area contributed by atoms with E-state index in [2.05, 4.69) is 5.32 Å². The van der Waals surface area contributed by atoms with Crippen molar-refractivity contribution in [2.24, 2.45) is 5.92 Å². The Morgan fingerprint density at radius 2 is 1.55 bits per heavy atom. The molecule has 7 nitrogen and oxygen atoms in total. The molecule has 33 heavy (non-hydrogen) atoms. The summed E-state index contributed by atoms with van der Waals surface area (Å²) in [6.07, 6.45) is 1.13. The second kappa shape index (κ2) is 10.6.